The second kappa shape index (κ2) is 9.61. The molecule has 0 spiro atoms. The van der Waals surface area contributed by atoms with Gasteiger partial charge in [-0.2, -0.15) is 5.10 Å². The van der Waals surface area contributed by atoms with Crippen LogP contribution in [0.3, 0.4) is 0 Å². The molecule has 2 aliphatic rings. The summed E-state index contributed by atoms with van der Waals surface area (Å²) >= 11 is 0. The van der Waals surface area contributed by atoms with Crippen LogP contribution in [0.2, 0.25) is 0 Å². The number of benzene rings is 1. The van der Waals surface area contributed by atoms with E-state index in [-0.39, 0.29) is 17.1 Å². The van der Waals surface area contributed by atoms with Crippen molar-refractivity contribution in [3.63, 3.8) is 0 Å². The van der Waals surface area contributed by atoms with Crippen molar-refractivity contribution in [3.8, 4) is 0 Å². The van der Waals surface area contributed by atoms with Gasteiger partial charge < -0.3 is 0 Å². The van der Waals surface area contributed by atoms with Crippen molar-refractivity contribution in [2.75, 3.05) is 5.43 Å². The predicted octanol–water partition coefficient (Wildman–Crippen LogP) is 5.82. The maximum absolute atomic E-state index is 11.3. The van der Waals surface area contributed by atoms with Crippen molar-refractivity contribution in [1.82, 2.24) is 0 Å². The Kier molecular flexibility index (Phi) is 6.95. The Hall–Kier alpha value is -2.51. The molecule has 1 N–H and O–H groups in total. The van der Waals surface area contributed by atoms with Gasteiger partial charge in [-0.25, -0.2) is 0 Å². The van der Waals surface area contributed by atoms with E-state index in [1.54, 1.807) is 0 Å². The van der Waals surface area contributed by atoms with Gasteiger partial charge in [-0.3, -0.25) is 25.7 Å². The highest BCUT2D eigenvalue weighted by Gasteiger charge is 2.29. The minimum atomic E-state index is -0.630. The fourth-order valence-electron chi connectivity index (χ4n) is 4.57. The third-order valence-corrected chi connectivity index (χ3v) is 6.05. The number of nitro groups is 2. The summed E-state index contributed by atoms with van der Waals surface area (Å²) in [6.07, 6.45) is 13.3. The molecule has 2 aliphatic carbocycles. The molecule has 1 unspecified atom stereocenters. The Balaban J connectivity index is 1.79. The molecule has 28 heavy (non-hydrogen) atoms. The van der Waals surface area contributed by atoms with Crippen molar-refractivity contribution >= 4 is 22.8 Å². The first-order valence-corrected chi connectivity index (χ1v) is 10.3. The summed E-state index contributed by atoms with van der Waals surface area (Å²) in [5.74, 6) is 1.09. The maximum Gasteiger partial charge on any atom is 0.301 e. The van der Waals surface area contributed by atoms with Gasteiger partial charge in [-0.1, -0.05) is 38.5 Å². The number of hydrogen-bond acceptors (Lipinski definition) is 6. The molecular weight excluding hydrogens is 360 g/mol. The fraction of sp³-hybridized carbons (Fsp3) is 0.650. The first kappa shape index (κ1) is 20.2. The van der Waals surface area contributed by atoms with Gasteiger partial charge in [-0.05, 0) is 44.1 Å². The van der Waals surface area contributed by atoms with Crippen LogP contribution in [0.15, 0.2) is 23.3 Å². The minimum absolute atomic E-state index is 0.199. The Morgan fingerprint density at radius 2 is 1.57 bits per heavy atom. The van der Waals surface area contributed by atoms with Crippen molar-refractivity contribution in [1.29, 1.82) is 0 Å². The van der Waals surface area contributed by atoms with Crippen LogP contribution in [-0.4, -0.2) is 15.6 Å². The molecule has 8 heteroatoms. The quantitative estimate of drug-likeness (QED) is 0.504. The summed E-state index contributed by atoms with van der Waals surface area (Å²) in [5, 5.41) is 26.8. The van der Waals surface area contributed by atoms with E-state index >= 15 is 0 Å². The Morgan fingerprint density at radius 1 is 0.893 bits per heavy atom. The summed E-state index contributed by atoms with van der Waals surface area (Å²) in [5.41, 5.74) is 3.53. The zero-order valence-corrected chi connectivity index (χ0v) is 16.1. The van der Waals surface area contributed by atoms with Crippen molar-refractivity contribution in [2.24, 2.45) is 16.9 Å². The average molecular weight is 388 g/mol. The van der Waals surface area contributed by atoms with Crippen LogP contribution >= 0.6 is 0 Å². The standard InChI is InChI=1S/C20H28N4O4/c25-23(26)16-12-13-19(20(14-16)24(27)28)22-21-18-11-7-6-10-17(18)15-8-4-2-1-3-5-9-15/h12-15,17,22H,1-11H2/b21-18+. The van der Waals surface area contributed by atoms with Crippen molar-refractivity contribution in [2.45, 2.75) is 70.6 Å². The van der Waals surface area contributed by atoms with Gasteiger partial charge in [0.15, 0.2) is 0 Å². The number of anilines is 1. The highest BCUT2D eigenvalue weighted by Crippen LogP contribution is 2.36. The molecule has 8 nitrogen and oxygen atoms in total. The number of hydrazone groups is 1. The lowest BCUT2D eigenvalue weighted by Gasteiger charge is -2.32. The van der Waals surface area contributed by atoms with E-state index in [4.69, 9.17) is 0 Å². The lowest BCUT2D eigenvalue weighted by atomic mass is 9.73. The van der Waals surface area contributed by atoms with Crippen LogP contribution in [0.1, 0.15) is 70.6 Å². The van der Waals surface area contributed by atoms with E-state index in [2.05, 4.69) is 10.5 Å². The van der Waals surface area contributed by atoms with Crippen LogP contribution in [0.5, 0.6) is 0 Å². The summed E-state index contributed by atoms with van der Waals surface area (Å²) in [7, 11) is 0. The van der Waals surface area contributed by atoms with Gasteiger partial charge in [0.25, 0.3) is 5.69 Å². The van der Waals surface area contributed by atoms with Crippen LogP contribution in [-0.2, 0) is 0 Å². The predicted molar refractivity (Wildman–Crippen MR) is 109 cm³/mol. The van der Waals surface area contributed by atoms with E-state index in [1.807, 2.05) is 0 Å². The van der Waals surface area contributed by atoms with Gasteiger partial charge >= 0.3 is 5.69 Å². The van der Waals surface area contributed by atoms with E-state index in [0.717, 1.165) is 31.0 Å². The molecule has 2 saturated carbocycles. The van der Waals surface area contributed by atoms with Gasteiger partial charge in [0.05, 0.1) is 15.9 Å². The monoisotopic (exact) mass is 388 g/mol. The number of nitrogens with one attached hydrogen (secondary N) is 1. The topological polar surface area (TPSA) is 111 Å². The molecule has 0 saturated heterocycles. The molecular formula is C20H28N4O4. The van der Waals surface area contributed by atoms with Crippen LogP contribution in [0.25, 0.3) is 0 Å². The molecule has 1 aromatic carbocycles. The third-order valence-electron chi connectivity index (χ3n) is 6.05. The second-order valence-corrected chi connectivity index (χ2v) is 7.89. The lowest BCUT2D eigenvalue weighted by Crippen LogP contribution is -2.28. The molecule has 152 valence electrons. The van der Waals surface area contributed by atoms with Crippen molar-refractivity contribution in [3.05, 3.63) is 38.4 Å². The lowest BCUT2D eigenvalue weighted by molar-refractivity contribution is -0.393. The highest BCUT2D eigenvalue weighted by atomic mass is 16.6. The molecule has 0 aromatic heterocycles. The normalized spacial score (nSPS) is 23.0. The number of nitro benzene ring substituents is 2. The number of nitrogens with zero attached hydrogens (tertiary/aromatic N) is 3. The van der Waals surface area contributed by atoms with Crippen LogP contribution < -0.4 is 5.43 Å². The smallest absolute Gasteiger partial charge is 0.272 e. The van der Waals surface area contributed by atoms with E-state index in [1.165, 1.54) is 63.5 Å². The largest absolute Gasteiger partial charge is 0.301 e. The second-order valence-electron chi connectivity index (χ2n) is 7.89. The van der Waals surface area contributed by atoms with Crippen LogP contribution in [0.4, 0.5) is 17.1 Å². The number of hydrogen-bond donors (Lipinski definition) is 1. The molecule has 0 radical (unpaired) electrons. The molecule has 3 rings (SSSR count). The molecule has 1 atom stereocenters. The fourth-order valence-corrected chi connectivity index (χ4v) is 4.57. The summed E-state index contributed by atoms with van der Waals surface area (Å²) in [6, 6.07) is 3.62. The Morgan fingerprint density at radius 3 is 2.25 bits per heavy atom. The number of rotatable bonds is 5. The average Bonchev–Trinajstić information content (AvgIpc) is 2.66. The molecule has 0 bridgehead atoms. The zero-order valence-electron chi connectivity index (χ0n) is 16.1. The summed E-state index contributed by atoms with van der Waals surface area (Å²) in [4.78, 5) is 21.0. The first-order valence-electron chi connectivity index (χ1n) is 10.3. The van der Waals surface area contributed by atoms with E-state index < -0.39 is 9.85 Å². The van der Waals surface area contributed by atoms with Crippen molar-refractivity contribution < 1.29 is 9.85 Å². The SMILES string of the molecule is O=[N+]([O-])c1ccc(N/N=C2\CCCCC2C2CCCCCCC2)c([N+](=O)[O-])c1. The van der Waals surface area contributed by atoms with Gasteiger partial charge in [0.2, 0.25) is 0 Å². The van der Waals surface area contributed by atoms with Gasteiger partial charge in [0.1, 0.15) is 5.69 Å². The highest BCUT2D eigenvalue weighted by molar-refractivity contribution is 5.88. The van der Waals surface area contributed by atoms with Gasteiger partial charge in [0, 0.05) is 17.7 Å². The Labute approximate surface area is 164 Å². The van der Waals surface area contributed by atoms with E-state index in [9.17, 15) is 20.2 Å². The first-order chi connectivity index (χ1) is 13.6. The van der Waals surface area contributed by atoms with Crippen LogP contribution in [0, 0.1) is 32.1 Å². The molecule has 0 heterocycles. The molecule has 0 amide bonds. The summed E-state index contributed by atoms with van der Waals surface area (Å²) in [6.45, 7) is 0. The summed E-state index contributed by atoms with van der Waals surface area (Å²) < 4.78 is 0. The zero-order chi connectivity index (χ0) is 19.9. The van der Waals surface area contributed by atoms with Gasteiger partial charge in [-0.15, -0.1) is 0 Å². The minimum Gasteiger partial charge on any atom is -0.272 e. The maximum atomic E-state index is 11.3. The molecule has 1 aromatic rings. The Bertz CT molecular complexity index is 742. The van der Waals surface area contributed by atoms with E-state index in [0.29, 0.717) is 11.8 Å². The molecule has 2 fully saturated rings. The molecule has 0 aliphatic heterocycles. The third kappa shape index (κ3) is 5.05. The number of non-ortho nitro benzene ring substituents is 1.